The van der Waals surface area contributed by atoms with Crippen molar-refractivity contribution in [2.45, 2.75) is 13.8 Å². The molecule has 0 aliphatic carbocycles. The number of carbonyl (C=O) groups excluding carboxylic acids is 1. The Kier molecular flexibility index (Phi) is 3.39. The molecule has 1 aromatic rings. The van der Waals surface area contributed by atoms with Crippen molar-refractivity contribution >= 4 is 5.97 Å². The van der Waals surface area contributed by atoms with E-state index in [-0.39, 0.29) is 11.6 Å². The molecule has 0 aliphatic heterocycles. The summed E-state index contributed by atoms with van der Waals surface area (Å²) in [6.45, 7) is 3.80. The fraction of sp³-hybridized carbons (Fsp3) is 0.444. The summed E-state index contributed by atoms with van der Waals surface area (Å²) in [6, 6.07) is 0. The van der Waals surface area contributed by atoms with Crippen molar-refractivity contribution in [1.82, 2.24) is 9.97 Å². The lowest BCUT2D eigenvalue weighted by molar-refractivity contribution is 0.0514. The summed E-state index contributed by atoms with van der Waals surface area (Å²) in [7, 11) is 1.44. The fourth-order valence-corrected chi connectivity index (χ4v) is 0.937. The van der Waals surface area contributed by atoms with Gasteiger partial charge in [-0.25, -0.2) is 14.8 Å². The van der Waals surface area contributed by atoms with Crippen LogP contribution in [0.4, 0.5) is 0 Å². The van der Waals surface area contributed by atoms with Gasteiger partial charge in [0.05, 0.1) is 19.4 Å². The van der Waals surface area contributed by atoms with Crippen molar-refractivity contribution in [3.63, 3.8) is 0 Å². The SMILES string of the molecule is CCOC(=O)c1ncc(C)nc1OC. The molecule has 5 nitrogen and oxygen atoms in total. The second-order valence-electron chi connectivity index (χ2n) is 2.59. The highest BCUT2D eigenvalue weighted by atomic mass is 16.5. The van der Waals surface area contributed by atoms with Gasteiger partial charge in [-0.2, -0.15) is 0 Å². The predicted molar refractivity (Wildman–Crippen MR) is 49.3 cm³/mol. The molecule has 0 saturated carbocycles. The number of rotatable bonds is 3. The summed E-state index contributed by atoms with van der Waals surface area (Å²) in [5.74, 6) is -0.319. The maximum atomic E-state index is 11.3. The molecule has 0 bridgehead atoms. The average molecular weight is 196 g/mol. The minimum atomic E-state index is -0.517. The highest BCUT2D eigenvalue weighted by Crippen LogP contribution is 2.13. The van der Waals surface area contributed by atoms with Gasteiger partial charge in [0, 0.05) is 6.20 Å². The summed E-state index contributed by atoms with van der Waals surface area (Å²) < 4.78 is 9.71. The molecule has 0 atom stereocenters. The third-order valence-electron chi connectivity index (χ3n) is 1.52. The van der Waals surface area contributed by atoms with Crippen LogP contribution in [0.15, 0.2) is 6.20 Å². The molecular weight excluding hydrogens is 184 g/mol. The zero-order valence-electron chi connectivity index (χ0n) is 8.40. The van der Waals surface area contributed by atoms with E-state index in [0.29, 0.717) is 12.3 Å². The van der Waals surface area contributed by atoms with Crippen LogP contribution in [-0.4, -0.2) is 29.7 Å². The summed E-state index contributed by atoms with van der Waals surface area (Å²) in [5, 5.41) is 0. The first-order chi connectivity index (χ1) is 6.69. The molecule has 0 radical (unpaired) electrons. The Morgan fingerprint density at radius 3 is 2.86 bits per heavy atom. The first-order valence-electron chi connectivity index (χ1n) is 4.23. The zero-order chi connectivity index (χ0) is 10.6. The van der Waals surface area contributed by atoms with Crippen LogP contribution in [0, 0.1) is 6.92 Å². The van der Waals surface area contributed by atoms with Crippen LogP contribution in [0.5, 0.6) is 5.88 Å². The van der Waals surface area contributed by atoms with E-state index in [1.54, 1.807) is 13.8 Å². The summed E-state index contributed by atoms with van der Waals surface area (Å²) in [5.41, 5.74) is 0.801. The van der Waals surface area contributed by atoms with Crippen LogP contribution in [0.1, 0.15) is 23.1 Å². The van der Waals surface area contributed by atoms with E-state index in [2.05, 4.69) is 9.97 Å². The van der Waals surface area contributed by atoms with Gasteiger partial charge in [-0.05, 0) is 13.8 Å². The predicted octanol–water partition coefficient (Wildman–Crippen LogP) is 0.970. The van der Waals surface area contributed by atoms with Crippen molar-refractivity contribution in [2.24, 2.45) is 0 Å². The van der Waals surface area contributed by atoms with Gasteiger partial charge in [0.2, 0.25) is 11.6 Å². The van der Waals surface area contributed by atoms with Gasteiger partial charge >= 0.3 is 5.97 Å². The van der Waals surface area contributed by atoms with Gasteiger partial charge in [0.1, 0.15) is 0 Å². The van der Waals surface area contributed by atoms with E-state index >= 15 is 0 Å². The minimum absolute atomic E-state index is 0.111. The summed E-state index contributed by atoms with van der Waals surface area (Å²) >= 11 is 0. The van der Waals surface area contributed by atoms with Crippen LogP contribution >= 0.6 is 0 Å². The standard InChI is InChI=1S/C9H12N2O3/c1-4-14-9(12)7-8(13-3)11-6(2)5-10-7/h5H,4H2,1-3H3. The highest BCUT2D eigenvalue weighted by molar-refractivity contribution is 5.89. The van der Waals surface area contributed by atoms with Crippen LogP contribution in [0.2, 0.25) is 0 Å². The second-order valence-corrected chi connectivity index (χ2v) is 2.59. The Balaban J connectivity index is 3.01. The Morgan fingerprint density at radius 1 is 1.57 bits per heavy atom. The third kappa shape index (κ3) is 2.18. The Morgan fingerprint density at radius 2 is 2.29 bits per heavy atom. The Bertz CT molecular complexity index is 339. The molecule has 0 amide bonds. The lowest BCUT2D eigenvalue weighted by Gasteiger charge is -2.05. The highest BCUT2D eigenvalue weighted by Gasteiger charge is 2.16. The number of esters is 1. The van der Waals surface area contributed by atoms with E-state index in [0.717, 1.165) is 0 Å². The molecule has 0 saturated heterocycles. The van der Waals surface area contributed by atoms with Crippen molar-refractivity contribution in [2.75, 3.05) is 13.7 Å². The van der Waals surface area contributed by atoms with Crippen molar-refractivity contribution in [1.29, 1.82) is 0 Å². The van der Waals surface area contributed by atoms with Gasteiger partial charge in [0.15, 0.2) is 0 Å². The number of aryl methyl sites for hydroxylation is 1. The lowest BCUT2D eigenvalue weighted by Crippen LogP contribution is -2.10. The molecule has 0 aliphatic rings. The molecule has 0 N–H and O–H groups in total. The molecule has 0 unspecified atom stereocenters. The Labute approximate surface area is 82.1 Å². The van der Waals surface area contributed by atoms with E-state index in [1.807, 2.05) is 0 Å². The van der Waals surface area contributed by atoms with Gasteiger partial charge in [0.25, 0.3) is 0 Å². The largest absolute Gasteiger partial charge is 0.479 e. The molecular formula is C9H12N2O3. The summed E-state index contributed by atoms with van der Waals surface area (Å²) in [6.07, 6.45) is 1.49. The fourth-order valence-electron chi connectivity index (χ4n) is 0.937. The van der Waals surface area contributed by atoms with E-state index in [1.165, 1.54) is 13.3 Å². The maximum absolute atomic E-state index is 11.3. The first-order valence-corrected chi connectivity index (χ1v) is 4.23. The van der Waals surface area contributed by atoms with Gasteiger partial charge in [-0.1, -0.05) is 0 Å². The van der Waals surface area contributed by atoms with Gasteiger partial charge < -0.3 is 9.47 Å². The van der Waals surface area contributed by atoms with Gasteiger partial charge in [-0.3, -0.25) is 0 Å². The molecule has 1 rings (SSSR count). The van der Waals surface area contributed by atoms with E-state index < -0.39 is 5.97 Å². The van der Waals surface area contributed by atoms with Crippen LogP contribution in [0.3, 0.4) is 0 Å². The molecule has 14 heavy (non-hydrogen) atoms. The van der Waals surface area contributed by atoms with Crippen molar-refractivity contribution < 1.29 is 14.3 Å². The maximum Gasteiger partial charge on any atom is 0.362 e. The second kappa shape index (κ2) is 4.55. The van der Waals surface area contributed by atoms with Crippen LogP contribution in [0.25, 0.3) is 0 Å². The monoisotopic (exact) mass is 196 g/mol. The zero-order valence-corrected chi connectivity index (χ0v) is 8.40. The summed E-state index contributed by atoms with van der Waals surface area (Å²) in [4.78, 5) is 19.2. The third-order valence-corrected chi connectivity index (χ3v) is 1.52. The molecule has 0 fully saturated rings. The normalized spacial score (nSPS) is 9.64. The number of aromatic nitrogens is 2. The molecule has 1 heterocycles. The van der Waals surface area contributed by atoms with Crippen molar-refractivity contribution in [3.8, 4) is 5.88 Å². The molecule has 5 heteroatoms. The smallest absolute Gasteiger partial charge is 0.362 e. The molecule has 1 aromatic heterocycles. The average Bonchev–Trinajstić information content (AvgIpc) is 2.17. The molecule has 0 aromatic carbocycles. The van der Waals surface area contributed by atoms with Crippen LogP contribution in [-0.2, 0) is 4.74 Å². The lowest BCUT2D eigenvalue weighted by atomic mass is 10.4. The number of hydrogen-bond donors (Lipinski definition) is 0. The minimum Gasteiger partial charge on any atom is -0.479 e. The van der Waals surface area contributed by atoms with Crippen molar-refractivity contribution in [3.05, 3.63) is 17.6 Å². The van der Waals surface area contributed by atoms with E-state index in [9.17, 15) is 4.79 Å². The first kappa shape index (κ1) is 10.4. The number of nitrogens with zero attached hydrogens (tertiary/aromatic N) is 2. The Hall–Kier alpha value is -1.65. The van der Waals surface area contributed by atoms with E-state index in [4.69, 9.17) is 9.47 Å². The number of carbonyl (C=O) groups is 1. The molecule has 0 spiro atoms. The molecule has 76 valence electrons. The van der Waals surface area contributed by atoms with Crippen LogP contribution < -0.4 is 4.74 Å². The number of ether oxygens (including phenoxy) is 2. The number of methoxy groups -OCH3 is 1. The quantitative estimate of drug-likeness (QED) is 0.674. The number of hydrogen-bond acceptors (Lipinski definition) is 5. The van der Waals surface area contributed by atoms with Gasteiger partial charge in [-0.15, -0.1) is 0 Å². The topological polar surface area (TPSA) is 61.3 Å².